The summed E-state index contributed by atoms with van der Waals surface area (Å²) < 4.78 is 5.48. The van der Waals surface area contributed by atoms with Gasteiger partial charge in [0.15, 0.2) is 0 Å². The molecule has 0 radical (unpaired) electrons. The van der Waals surface area contributed by atoms with Crippen molar-refractivity contribution in [3.05, 3.63) is 54.1 Å². The van der Waals surface area contributed by atoms with E-state index in [1.807, 2.05) is 23.9 Å². The Morgan fingerprint density at radius 1 is 0.957 bits per heavy atom. The van der Waals surface area contributed by atoms with Gasteiger partial charge in [0.1, 0.15) is 5.75 Å². The van der Waals surface area contributed by atoms with Gasteiger partial charge >= 0.3 is 0 Å². The zero-order valence-electron chi connectivity index (χ0n) is 13.9. The van der Waals surface area contributed by atoms with Gasteiger partial charge in [-0.3, -0.25) is 4.90 Å². The molecule has 1 aliphatic rings. The first-order chi connectivity index (χ1) is 11.3. The molecule has 23 heavy (non-hydrogen) atoms. The van der Waals surface area contributed by atoms with E-state index >= 15 is 0 Å². The van der Waals surface area contributed by atoms with Gasteiger partial charge in [-0.15, -0.1) is 11.8 Å². The molecule has 1 saturated heterocycles. The fourth-order valence-corrected chi connectivity index (χ4v) is 3.73. The van der Waals surface area contributed by atoms with Crippen molar-refractivity contribution in [1.82, 2.24) is 4.90 Å². The quantitative estimate of drug-likeness (QED) is 0.774. The summed E-state index contributed by atoms with van der Waals surface area (Å²) in [5, 5.41) is 0. The molecule has 0 aliphatic carbocycles. The summed E-state index contributed by atoms with van der Waals surface area (Å²) in [7, 11) is 1.74. The molecule has 122 valence electrons. The number of piperazine rings is 1. The predicted octanol–water partition coefficient (Wildman–Crippen LogP) is 3.88. The number of anilines is 1. The smallest absolute Gasteiger partial charge is 0.142 e. The third-order valence-corrected chi connectivity index (χ3v) is 5.33. The van der Waals surface area contributed by atoms with Crippen LogP contribution in [0.1, 0.15) is 5.56 Å². The van der Waals surface area contributed by atoms with Crippen LogP contribution in [0, 0.1) is 6.92 Å². The molecule has 1 aliphatic heterocycles. The number of thioether (sulfide) groups is 1. The van der Waals surface area contributed by atoms with Gasteiger partial charge in [0.25, 0.3) is 0 Å². The Morgan fingerprint density at radius 3 is 2.35 bits per heavy atom. The molecular formula is C19H24N2OS. The van der Waals surface area contributed by atoms with E-state index in [2.05, 4.69) is 53.1 Å². The van der Waals surface area contributed by atoms with Crippen molar-refractivity contribution in [2.45, 2.75) is 11.8 Å². The highest BCUT2D eigenvalue weighted by Crippen LogP contribution is 2.29. The minimum absolute atomic E-state index is 0.968. The van der Waals surface area contributed by atoms with Gasteiger partial charge in [0, 0.05) is 37.0 Å². The average molecular weight is 328 g/mol. The van der Waals surface area contributed by atoms with E-state index in [1.54, 1.807) is 7.11 Å². The summed E-state index contributed by atoms with van der Waals surface area (Å²) in [5.74, 6) is 2.03. The molecule has 2 aromatic rings. The van der Waals surface area contributed by atoms with Crippen molar-refractivity contribution < 1.29 is 4.74 Å². The monoisotopic (exact) mass is 328 g/mol. The van der Waals surface area contributed by atoms with E-state index < -0.39 is 0 Å². The number of ether oxygens (including phenoxy) is 1. The van der Waals surface area contributed by atoms with Crippen molar-refractivity contribution in [3.63, 3.8) is 0 Å². The average Bonchev–Trinajstić information content (AvgIpc) is 2.62. The van der Waals surface area contributed by atoms with Crippen LogP contribution in [0.2, 0.25) is 0 Å². The van der Waals surface area contributed by atoms with Gasteiger partial charge in [-0.25, -0.2) is 0 Å². The van der Waals surface area contributed by atoms with Crippen molar-refractivity contribution >= 4 is 17.4 Å². The first-order valence-corrected chi connectivity index (χ1v) is 9.04. The number of nitrogens with zero attached hydrogens (tertiary/aromatic N) is 2. The van der Waals surface area contributed by atoms with Crippen LogP contribution < -0.4 is 9.64 Å². The molecule has 0 bridgehead atoms. The lowest BCUT2D eigenvalue weighted by atomic mass is 10.2. The number of para-hydroxylation sites is 2. The van der Waals surface area contributed by atoms with Crippen LogP contribution in [0.5, 0.6) is 5.75 Å². The summed E-state index contributed by atoms with van der Waals surface area (Å²) in [4.78, 5) is 6.30. The molecule has 4 heteroatoms. The Hall–Kier alpha value is -1.65. The lowest BCUT2D eigenvalue weighted by Crippen LogP contribution is -2.46. The van der Waals surface area contributed by atoms with Crippen molar-refractivity contribution in [3.8, 4) is 5.75 Å². The van der Waals surface area contributed by atoms with Gasteiger partial charge in [0.05, 0.1) is 12.8 Å². The molecule has 0 saturated carbocycles. The molecule has 3 nitrogen and oxygen atoms in total. The molecule has 0 spiro atoms. The van der Waals surface area contributed by atoms with Crippen LogP contribution in [0.15, 0.2) is 53.4 Å². The lowest BCUT2D eigenvalue weighted by Gasteiger charge is -2.36. The number of methoxy groups -OCH3 is 1. The molecule has 1 fully saturated rings. The Balaban J connectivity index is 1.51. The second-order valence-corrected chi connectivity index (χ2v) is 6.88. The number of aryl methyl sites for hydroxylation is 1. The van der Waals surface area contributed by atoms with Crippen molar-refractivity contribution in [1.29, 1.82) is 0 Å². The Bertz CT molecular complexity index is 622. The van der Waals surface area contributed by atoms with Crippen LogP contribution in [0.4, 0.5) is 5.69 Å². The summed E-state index contributed by atoms with van der Waals surface area (Å²) >= 11 is 1.92. The van der Waals surface area contributed by atoms with E-state index in [0.29, 0.717) is 0 Å². The number of rotatable bonds is 5. The van der Waals surface area contributed by atoms with Crippen LogP contribution in [0.25, 0.3) is 0 Å². The normalized spacial score (nSPS) is 15.7. The summed E-state index contributed by atoms with van der Waals surface area (Å²) in [6, 6.07) is 17.1. The van der Waals surface area contributed by atoms with Gasteiger partial charge in [-0.05, 0) is 31.2 Å². The van der Waals surface area contributed by atoms with Gasteiger partial charge < -0.3 is 9.64 Å². The number of hydrogen-bond acceptors (Lipinski definition) is 4. The summed E-state index contributed by atoms with van der Waals surface area (Å²) in [6.45, 7) is 6.42. The molecule has 0 unspecified atom stereocenters. The number of hydrogen-bond donors (Lipinski definition) is 0. The molecule has 0 aromatic heterocycles. The van der Waals surface area contributed by atoms with Crippen molar-refractivity contribution in [2.75, 3.05) is 44.1 Å². The van der Waals surface area contributed by atoms with Crippen LogP contribution >= 0.6 is 11.8 Å². The van der Waals surface area contributed by atoms with Crippen molar-refractivity contribution in [2.24, 2.45) is 0 Å². The van der Waals surface area contributed by atoms with Gasteiger partial charge in [-0.1, -0.05) is 29.8 Å². The zero-order valence-corrected chi connectivity index (χ0v) is 14.7. The predicted molar refractivity (Wildman–Crippen MR) is 98.7 cm³/mol. The largest absolute Gasteiger partial charge is 0.495 e. The zero-order chi connectivity index (χ0) is 16.1. The van der Waals surface area contributed by atoms with Crippen LogP contribution in [0.3, 0.4) is 0 Å². The van der Waals surface area contributed by atoms with E-state index in [1.165, 1.54) is 16.1 Å². The van der Waals surface area contributed by atoms with Crippen LogP contribution in [-0.2, 0) is 0 Å². The van der Waals surface area contributed by atoms with E-state index in [-0.39, 0.29) is 0 Å². The molecule has 0 atom stereocenters. The second kappa shape index (κ2) is 7.75. The second-order valence-electron chi connectivity index (χ2n) is 5.86. The molecule has 0 N–H and O–H groups in total. The van der Waals surface area contributed by atoms with Gasteiger partial charge in [0.2, 0.25) is 0 Å². The molecular weight excluding hydrogens is 304 g/mol. The lowest BCUT2D eigenvalue weighted by molar-refractivity contribution is 0.299. The highest BCUT2D eigenvalue weighted by Gasteiger charge is 2.19. The van der Waals surface area contributed by atoms with Gasteiger partial charge in [-0.2, -0.15) is 0 Å². The first-order valence-electron chi connectivity index (χ1n) is 8.06. The fourth-order valence-electron chi connectivity index (χ4n) is 2.81. The third-order valence-electron chi connectivity index (χ3n) is 4.23. The SMILES string of the molecule is COc1ccccc1N1CCN(CSc2ccc(C)cc2)CC1. The standard InChI is InChI=1S/C19H24N2OS/c1-16-7-9-17(10-8-16)23-15-20-11-13-21(14-12-20)18-5-3-4-6-19(18)22-2/h3-10H,11-15H2,1-2H3. The Labute approximate surface area is 143 Å². The Kier molecular flexibility index (Phi) is 5.47. The fraction of sp³-hybridized carbons (Fsp3) is 0.368. The maximum atomic E-state index is 5.48. The third kappa shape index (κ3) is 4.21. The summed E-state index contributed by atoms with van der Waals surface area (Å²) in [5.41, 5.74) is 2.53. The summed E-state index contributed by atoms with van der Waals surface area (Å²) in [6.07, 6.45) is 0. The van der Waals surface area contributed by atoms with E-state index in [9.17, 15) is 0 Å². The maximum absolute atomic E-state index is 5.48. The minimum Gasteiger partial charge on any atom is -0.495 e. The highest BCUT2D eigenvalue weighted by molar-refractivity contribution is 7.99. The molecule has 1 heterocycles. The molecule has 2 aromatic carbocycles. The topological polar surface area (TPSA) is 15.7 Å². The molecule has 3 rings (SSSR count). The van der Waals surface area contributed by atoms with E-state index in [4.69, 9.17) is 4.74 Å². The Morgan fingerprint density at radius 2 is 1.65 bits per heavy atom. The van der Waals surface area contributed by atoms with E-state index in [0.717, 1.165) is 37.8 Å². The number of benzene rings is 2. The maximum Gasteiger partial charge on any atom is 0.142 e. The highest BCUT2D eigenvalue weighted by atomic mass is 32.2. The molecule has 0 amide bonds. The minimum atomic E-state index is 0.968. The first kappa shape index (κ1) is 16.2. The van der Waals surface area contributed by atoms with Crippen LogP contribution in [-0.4, -0.2) is 44.1 Å².